The molecule has 1 N–H and O–H groups in total. The summed E-state index contributed by atoms with van der Waals surface area (Å²) in [4.78, 5) is 17.4. The number of halogens is 1. The van der Waals surface area contributed by atoms with Gasteiger partial charge >= 0.3 is 0 Å². The zero-order valence-corrected chi connectivity index (χ0v) is 16.9. The van der Waals surface area contributed by atoms with Crippen molar-refractivity contribution in [2.24, 2.45) is 7.05 Å². The third kappa shape index (κ3) is 4.93. The molecule has 0 aliphatic rings. The molecule has 0 aliphatic heterocycles. The number of aryl methyl sites for hydroxylation is 2. The fourth-order valence-electron chi connectivity index (χ4n) is 2.69. The fourth-order valence-corrected chi connectivity index (χ4v) is 3.46. The van der Waals surface area contributed by atoms with Gasteiger partial charge < -0.3 is 14.3 Å². The second kappa shape index (κ2) is 8.91. The maximum atomic E-state index is 13.0. The molecule has 1 amide bonds. The van der Waals surface area contributed by atoms with E-state index >= 15 is 0 Å². The van der Waals surface area contributed by atoms with Gasteiger partial charge in [0.15, 0.2) is 16.8 Å². The molecule has 2 aromatic carbocycles. The lowest BCUT2D eigenvalue weighted by Crippen LogP contribution is -2.12. The van der Waals surface area contributed by atoms with Gasteiger partial charge in [-0.05, 0) is 60.3 Å². The van der Waals surface area contributed by atoms with Crippen molar-refractivity contribution < 1.29 is 13.6 Å². The van der Waals surface area contributed by atoms with Crippen molar-refractivity contribution in [1.29, 1.82) is 0 Å². The summed E-state index contributed by atoms with van der Waals surface area (Å²) in [5, 5.41) is 11.5. The molecule has 0 radical (unpaired) electrons. The van der Waals surface area contributed by atoms with Crippen molar-refractivity contribution in [2.45, 2.75) is 22.9 Å². The number of aromatic nitrogens is 4. The maximum Gasteiger partial charge on any atom is 0.224 e. The molecule has 0 fully saturated rings. The number of benzene rings is 2. The smallest absolute Gasteiger partial charge is 0.224 e. The Morgan fingerprint density at radius 1 is 1.17 bits per heavy atom. The third-order valence-electron chi connectivity index (χ3n) is 4.27. The molecule has 7 nitrogen and oxygen atoms in total. The average molecular weight is 423 g/mol. The summed E-state index contributed by atoms with van der Waals surface area (Å²) in [5.41, 5.74) is 1.45. The minimum absolute atomic E-state index is 0.134. The van der Waals surface area contributed by atoms with Gasteiger partial charge in [-0.1, -0.05) is 0 Å². The number of amides is 1. The highest BCUT2D eigenvalue weighted by atomic mass is 32.2. The summed E-state index contributed by atoms with van der Waals surface area (Å²) in [7, 11) is 1.88. The fraction of sp³-hybridized carbons (Fsp3) is 0.143. The van der Waals surface area contributed by atoms with Gasteiger partial charge in [-0.2, -0.15) is 0 Å². The lowest BCUT2D eigenvalue weighted by atomic mass is 10.2. The third-order valence-corrected chi connectivity index (χ3v) is 5.33. The molecular formula is C21H18FN5O2S. The molecular weight excluding hydrogens is 405 g/mol. The van der Waals surface area contributed by atoms with Crippen molar-refractivity contribution in [3.05, 3.63) is 72.8 Å². The number of carbonyl (C=O) groups is 1. The van der Waals surface area contributed by atoms with Gasteiger partial charge in [0, 0.05) is 36.0 Å². The molecule has 0 saturated carbocycles. The highest BCUT2D eigenvalue weighted by Gasteiger charge is 2.10. The molecule has 0 bridgehead atoms. The van der Waals surface area contributed by atoms with Crippen LogP contribution in [0.25, 0.3) is 11.3 Å². The Morgan fingerprint density at radius 2 is 1.93 bits per heavy atom. The standard InChI is InChI=1S/C21H18FN5O2S/c1-27-13-24-26-21(27)30-17-8-6-16(7-9-17)25-19(28)10-11-20-23-12-18(29-20)14-2-4-15(22)5-3-14/h2-9,12-13H,10-11H2,1H3,(H,25,28). The first-order valence-corrected chi connectivity index (χ1v) is 10.0. The molecule has 0 unspecified atom stereocenters. The Hall–Kier alpha value is -3.46. The van der Waals surface area contributed by atoms with E-state index in [2.05, 4.69) is 20.5 Å². The van der Waals surface area contributed by atoms with Crippen LogP contribution >= 0.6 is 11.8 Å². The van der Waals surface area contributed by atoms with Crippen LogP contribution in [0.1, 0.15) is 12.3 Å². The number of hydrogen-bond acceptors (Lipinski definition) is 6. The number of hydrogen-bond donors (Lipinski definition) is 1. The zero-order chi connectivity index (χ0) is 20.9. The van der Waals surface area contributed by atoms with E-state index in [1.165, 1.54) is 23.9 Å². The lowest BCUT2D eigenvalue weighted by molar-refractivity contribution is -0.116. The highest BCUT2D eigenvalue weighted by molar-refractivity contribution is 7.99. The van der Waals surface area contributed by atoms with Crippen molar-refractivity contribution >= 4 is 23.4 Å². The van der Waals surface area contributed by atoms with E-state index in [-0.39, 0.29) is 18.1 Å². The minimum Gasteiger partial charge on any atom is -0.441 e. The number of nitrogens with one attached hydrogen (secondary N) is 1. The largest absolute Gasteiger partial charge is 0.441 e. The molecule has 152 valence electrons. The molecule has 0 spiro atoms. The summed E-state index contributed by atoms with van der Waals surface area (Å²) in [6.07, 6.45) is 3.83. The number of carbonyl (C=O) groups excluding carboxylic acids is 1. The van der Waals surface area contributed by atoms with Gasteiger partial charge in [0.1, 0.15) is 12.1 Å². The van der Waals surface area contributed by atoms with Crippen molar-refractivity contribution in [1.82, 2.24) is 19.7 Å². The molecule has 0 saturated heterocycles. The lowest BCUT2D eigenvalue weighted by Gasteiger charge is -2.06. The van der Waals surface area contributed by atoms with E-state index in [0.717, 1.165) is 15.6 Å². The van der Waals surface area contributed by atoms with Gasteiger partial charge in [-0.15, -0.1) is 10.2 Å². The van der Waals surface area contributed by atoms with Crippen LogP contribution in [0.4, 0.5) is 10.1 Å². The topological polar surface area (TPSA) is 85.8 Å². The van der Waals surface area contributed by atoms with Crippen LogP contribution in [0.3, 0.4) is 0 Å². The molecule has 30 heavy (non-hydrogen) atoms. The van der Waals surface area contributed by atoms with E-state index in [9.17, 15) is 9.18 Å². The quantitative estimate of drug-likeness (QED) is 0.476. The predicted octanol–water partition coefficient (Wildman–Crippen LogP) is 4.33. The van der Waals surface area contributed by atoms with Gasteiger partial charge in [-0.3, -0.25) is 4.79 Å². The van der Waals surface area contributed by atoms with E-state index in [0.29, 0.717) is 23.8 Å². The van der Waals surface area contributed by atoms with E-state index in [4.69, 9.17) is 4.42 Å². The van der Waals surface area contributed by atoms with Crippen molar-refractivity contribution in [3.63, 3.8) is 0 Å². The predicted molar refractivity (Wildman–Crippen MR) is 110 cm³/mol. The zero-order valence-electron chi connectivity index (χ0n) is 16.1. The van der Waals surface area contributed by atoms with Crippen LogP contribution < -0.4 is 5.32 Å². The molecule has 0 atom stereocenters. The Morgan fingerprint density at radius 3 is 2.63 bits per heavy atom. The molecule has 4 aromatic rings. The van der Waals surface area contributed by atoms with E-state index < -0.39 is 0 Å². The van der Waals surface area contributed by atoms with Crippen LogP contribution in [0.2, 0.25) is 0 Å². The Bertz CT molecular complexity index is 1140. The van der Waals surface area contributed by atoms with Gasteiger partial charge in [0.25, 0.3) is 0 Å². The number of rotatable bonds is 7. The summed E-state index contributed by atoms with van der Waals surface area (Å²) >= 11 is 1.49. The van der Waals surface area contributed by atoms with Crippen molar-refractivity contribution in [2.75, 3.05) is 5.32 Å². The monoisotopic (exact) mass is 423 g/mol. The second-order valence-electron chi connectivity index (χ2n) is 6.52. The first kappa shape index (κ1) is 19.8. The molecule has 9 heteroatoms. The van der Waals surface area contributed by atoms with Crippen LogP contribution in [0.5, 0.6) is 0 Å². The van der Waals surface area contributed by atoms with Crippen LogP contribution in [0, 0.1) is 5.82 Å². The van der Waals surface area contributed by atoms with Crippen LogP contribution in [-0.4, -0.2) is 25.7 Å². The maximum absolute atomic E-state index is 13.0. The Balaban J connectivity index is 1.29. The second-order valence-corrected chi connectivity index (χ2v) is 7.56. The Kier molecular flexibility index (Phi) is 5.89. The minimum atomic E-state index is -0.310. The normalized spacial score (nSPS) is 10.9. The summed E-state index contributed by atoms with van der Waals surface area (Å²) in [5.74, 6) is 0.557. The SMILES string of the molecule is Cn1cnnc1Sc1ccc(NC(=O)CCc2ncc(-c3ccc(F)cc3)o2)cc1. The number of oxazole rings is 1. The van der Waals surface area contributed by atoms with Gasteiger partial charge in [0.2, 0.25) is 5.91 Å². The van der Waals surface area contributed by atoms with Gasteiger partial charge in [-0.25, -0.2) is 9.37 Å². The Labute approximate surface area is 176 Å². The molecule has 2 aromatic heterocycles. The molecule has 4 rings (SSSR count). The number of nitrogens with zero attached hydrogens (tertiary/aromatic N) is 4. The number of anilines is 1. The highest BCUT2D eigenvalue weighted by Crippen LogP contribution is 2.26. The summed E-state index contributed by atoms with van der Waals surface area (Å²) < 4.78 is 20.5. The first-order valence-electron chi connectivity index (χ1n) is 9.19. The van der Waals surface area contributed by atoms with E-state index in [1.807, 2.05) is 35.9 Å². The van der Waals surface area contributed by atoms with E-state index in [1.54, 1.807) is 24.7 Å². The van der Waals surface area contributed by atoms with Gasteiger partial charge in [0.05, 0.1) is 6.20 Å². The van der Waals surface area contributed by atoms with Crippen molar-refractivity contribution in [3.8, 4) is 11.3 Å². The van der Waals surface area contributed by atoms with Crippen LogP contribution in [0.15, 0.2) is 75.5 Å². The average Bonchev–Trinajstić information content (AvgIpc) is 3.38. The van der Waals surface area contributed by atoms with Crippen LogP contribution in [-0.2, 0) is 18.3 Å². The first-order chi connectivity index (χ1) is 14.6. The molecule has 2 heterocycles. The summed E-state index contributed by atoms with van der Waals surface area (Å²) in [6, 6.07) is 13.5. The molecule has 0 aliphatic carbocycles. The summed E-state index contributed by atoms with van der Waals surface area (Å²) in [6.45, 7) is 0.